The predicted molar refractivity (Wildman–Crippen MR) is 112 cm³/mol. The van der Waals surface area contributed by atoms with E-state index in [2.05, 4.69) is 60.6 Å². The zero-order valence-electron chi connectivity index (χ0n) is 16.7. The molecule has 0 aromatic heterocycles. The number of nitrogens with zero attached hydrogens (tertiary/aromatic N) is 1. The zero-order chi connectivity index (χ0) is 18.8. The van der Waals surface area contributed by atoms with Gasteiger partial charge >= 0.3 is 0 Å². The average molecular weight is 358 g/mol. The second-order valence-electron chi connectivity index (χ2n) is 7.06. The molecule has 1 aromatic rings. The Hall–Kier alpha value is -1.97. The molecule has 0 saturated heterocycles. The summed E-state index contributed by atoms with van der Waals surface area (Å²) >= 11 is 0. The Bertz CT molecular complexity index is 605. The molecule has 0 atom stereocenters. The first-order valence-corrected chi connectivity index (χ1v) is 10.2. The number of aryl methyl sites for hydroxylation is 1. The molecule has 0 aliphatic heterocycles. The lowest BCUT2D eigenvalue weighted by Crippen LogP contribution is -2.26. The van der Waals surface area contributed by atoms with Crippen molar-refractivity contribution in [1.29, 1.82) is 0 Å². The SMILES string of the molecule is CCN(CC)c1ccc(NCCC(=O)NCCC2=CCCCC2)c(C)c1. The summed E-state index contributed by atoms with van der Waals surface area (Å²) in [7, 11) is 0. The lowest BCUT2D eigenvalue weighted by molar-refractivity contribution is -0.120. The molecule has 4 heteroatoms. The molecule has 0 saturated carbocycles. The van der Waals surface area contributed by atoms with E-state index < -0.39 is 0 Å². The van der Waals surface area contributed by atoms with Crippen LogP contribution in [0.5, 0.6) is 0 Å². The van der Waals surface area contributed by atoms with E-state index in [1.807, 2.05) is 0 Å². The van der Waals surface area contributed by atoms with Gasteiger partial charge in [0, 0.05) is 44.0 Å². The Morgan fingerprint density at radius 1 is 1.15 bits per heavy atom. The highest BCUT2D eigenvalue weighted by atomic mass is 16.1. The van der Waals surface area contributed by atoms with Gasteiger partial charge in [0.05, 0.1) is 0 Å². The number of allylic oxidation sites excluding steroid dienone is 1. The maximum Gasteiger partial charge on any atom is 0.221 e. The largest absolute Gasteiger partial charge is 0.384 e. The number of hydrogen-bond donors (Lipinski definition) is 2. The molecule has 2 N–H and O–H groups in total. The second-order valence-corrected chi connectivity index (χ2v) is 7.06. The number of rotatable bonds is 10. The van der Waals surface area contributed by atoms with Crippen LogP contribution in [0.25, 0.3) is 0 Å². The minimum absolute atomic E-state index is 0.131. The number of nitrogens with one attached hydrogen (secondary N) is 2. The van der Waals surface area contributed by atoms with Gasteiger partial charge in [0.2, 0.25) is 5.91 Å². The normalized spacial score (nSPS) is 13.9. The standard InChI is InChI=1S/C22H35N3O/c1-4-25(5-2)20-11-12-21(18(3)17-20)23-16-14-22(26)24-15-13-19-9-7-6-8-10-19/h9,11-12,17,23H,4-8,10,13-16H2,1-3H3,(H,24,26). The molecule has 0 fully saturated rings. The molecule has 0 spiro atoms. The van der Waals surface area contributed by atoms with Crippen molar-refractivity contribution in [3.05, 3.63) is 35.4 Å². The number of carbonyl (C=O) groups is 1. The fraction of sp³-hybridized carbons (Fsp3) is 0.591. The lowest BCUT2D eigenvalue weighted by Gasteiger charge is -2.22. The van der Waals surface area contributed by atoms with Gasteiger partial charge in [-0.05, 0) is 76.6 Å². The minimum Gasteiger partial charge on any atom is -0.384 e. The van der Waals surface area contributed by atoms with Crippen molar-refractivity contribution in [2.45, 2.75) is 59.3 Å². The number of benzene rings is 1. The summed E-state index contributed by atoms with van der Waals surface area (Å²) in [6.45, 7) is 9.93. The molecule has 26 heavy (non-hydrogen) atoms. The van der Waals surface area contributed by atoms with Crippen LogP contribution in [0.2, 0.25) is 0 Å². The van der Waals surface area contributed by atoms with Gasteiger partial charge in [-0.2, -0.15) is 0 Å². The fourth-order valence-electron chi connectivity index (χ4n) is 3.52. The van der Waals surface area contributed by atoms with Crippen LogP contribution in [-0.4, -0.2) is 32.1 Å². The van der Waals surface area contributed by atoms with Crippen molar-refractivity contribution < 1.29 is 4.79 Å². The predicted octanol–water partition coefficient (Wildman–Crippen LogP) is 4.65. The molecule has 2 rings (SSSR count). The highest BCUT2D eigenvalue weighted by Gasteiger charge is 2.07. The van der Waals surface area contributed by atoms with Crippen LogP contribution >= 0.6 is 0 Å². The molecule has 1 aliphatic carbocycles. The van der Waals surface area contributed by atoms with E-state index >= 15 is 0 Å². The summed E-state index contributed by atoms with van der Waals surface area (Å²) in [5.41, 5.74) is 5.10. The molecule has 1 aliphatic rings. The van der Waals surface area contributed by atoms with Crippen LogP contribution in [0.1, 0.15) is 57.9 Å². The highest BCUT2D eigenvalue weighted by molar-refractivity contribution is 5.76. The number of amides is 1. The van der Waals surface area contributed by atoms with E-state index in [0.29, 0.717) is 13.0 Å². The first-order valence-electron chi connectivity index (χ1n) is 10.2. The van der Waals surface area contributed by atoms with Crippen LogP contribution in [0.15, 0.2) is 29.8 Å². The molecule has 0 heterocycles. The van der Waals surface area contributed by atoms with E-state index in [9.17, 15) is 4.79 Å². The van der Waals surface area contributed by atoms with Gasteiger partial charge in [-0.3, -0.25) is 4.79 Å². The number of carbonyl (C=O) groups excluding carboxylic acids is 1. The average Bonchev–Trinajstić information content (AvgIpc) is 2.65. The summed E-state index contributed by atoms with van der Waals surface area (Å²) in [5, 5.41) is 6.44. The third-order valence-electron chi connectivity index (χ3n) is 5.16. The fourth-order valence-corrected chi connectivity index (χ4v) is 3.52. The third-order valence-corrected chi connectivity index (χ3v) is 5.16. The maximum absolute atomic E-state index is 12.0. The molecule has 0 radical (unpaired) electrons. The topological polar surface area (TPSA) is 44.4 Å². The summed E-state index contributed by atoms with van der Waals surface area (Å²) < 4.78 is 0. The van der Waals surface area contributed by atoms with E-state index in [1.54, 1.807) is 0 Å². The van der Waals surface area contributed by atoms with E-state index in [4.69, 9.17) is 0 Å². The van der Waals surface area contributed by atoms with Gasteiger partial charge in [0.25, 0.3) is 0 Å². The molecular formula is C22H35N3O. The Kier molecular flexibility index (Phi) is 8.52. The Labute approximate surface area is 159 Å². The molecular weight excluding hydrogens is 322 g/mol. The van der Waals surface area contributed by atoms with Crippen molar-refractivity contribution in [2.75, 3.05) is 36.4 Å². The van der Waals surface area contributed by atoms with Crippen LogP contribution in [0, 0.1) is 6.92 Å². The van der Waals surface area contributed by atoms with Crippen LogP contribution < -0.4 is 15.5 Å². The molecule has 1 amide bonds. The number of hydrogen-bond acceptors (Lipinski definition) is 3. The Morgan fingerprint density at radius 2 is 1.96 bits per heavy atom. The van der Waals surface area contributed by atoms with Crippen molar-refractivity contribution in [2.24, 2.45) is 0 Å². The van der Waals surface area contributed by atoms with Gasteiger partial charge in [0.15, 0.2) is 0 Å². The lowest BCUT2D eigenvalue weighted by atomic mass is 9.97. The quantitative estimate of drug-likeness (QED) is 0.599. The Balaban J connectivity index is 1.69. The number of anilines is 2. The van der Waals surface area contributed by atoms with Gasteiger partial charge in [-0.1, -0.05) is 11.6 Å². The summed E-state index contributed by atoms with van der Waals surface area (Å²) in [6, 6.07) is 6.49. The summed E-state index contributed by atoms with van der Waals surface area (Å²) in [6.07, 6.45) is 8.90. The van der Waals surface area contributed by atoms with Gasteiger partial charge < -0.3 is 15.5 Å². The first-order chi connectivity index (χ1) is 12.6. The first kappa shape index (κ1) is 20.3. The molecule has 0 unspecified atom stereocenters. The summed E-state index contributed by atoms with van der Waals surface area (Å²) in [4.78, 5) is 14.3. The zero-order valence-corrected chi connectivity index (χ0v) is 16.7. The molecule has 4 nitrogen and oxygen atoms in total. The van der Waals surface area contributed by atoms with E-state index in [0.717, 1.165) is 31.7 Å². The van der Waals surface area contributed by atoms with E-state index in [-0.39, 0.29) is 5.91 Å². The van der Waals surface area contributed by atoms with E-state index in [1.165, 1.54) is 42.5 Å². The molecule has 1 aromatic carbocycles. The van der Waals surface area contributed by atoms with Gasteiger partial charge in [0.1, 0.15) is 0 Å². The molecule has 144 valence electrons. The van der Waals surface area contributed by atoms with Crippen molar-refractivity contribution in [3.8, 4) is 0 Å². The van der Waals surface area contributed by atoms with Crippen LogP contribution in [0.4, 0.5) is 11.4 Å². The highest BCUT2D eigenvalue weighted by Crippen LogP contribution is 2.22. The summed E-state index contributed by atoms with van der Waals surface area (Å²) in [5.74, 6) is 0.131. The van der Waals surface area contributed by atoms with Crippen molar-refractivity contribution in [3.63, 3.8) is 0 Å². The monoisotopic (exact) mass is 357 g/mol. The maximum atomic E-state index is 12.0. The van der Waals surface area contributed by atoms with Crippen LogP contribution in [0.3, 0.4) is 0 Å². The Morgan fingerprint density at radius 3 is 2.62 bits per heavy atom. The van der Waals surface area contributed by atoms with Crippen molar-refractivity contribution in [1.82, 2.24) is 5.32 Å². The van der Waals surface area contributed by atoms with Crippen LogP contribution in [-0.2, 0) is 4.79 Å². The van der Waals surface area contributed by atoms with Crippen molar-refractivity contribution >= 4 is 17.3 Å². The molecule has 0 bridgehead atoms. The third kappa shape index (κ3) is 6.40. The second kappa shape index (κ2) is 10.9. The van der Waals surface area contributed by atoms with Gasteiger partial charge in [-0.25, -0.2) is 0 Å². The van der Waals surface area contributed by atoms with Gasteiger partial charge in [-0.15, -0.1) is 0 Å². The minimum atomic E-state index is 0.131. The smallest absolute Gasteiger partial charge is 0.221 e.